The SMILES string of the molecule is C[Si](C)(C)CCOCn1ccc(=O)c2cnc3[nH]ccc3c21.O=C(O)N1CCCCC1. The number of rotatable bonds is 5. The van der Waals surface area contributed by atoms with Crippen molar-refractivity contribution < 1.29 is 14.6 Å². The summed E-state index contributed by atoms with van der Waals surface area (Å²) in [7, 11) is -1.09. The lowest BCUT2D eigenvalue weighted by Crippen LogP contribution is -2.34. The molecule has 0 spiro atoms. The summed E-state index contributed by atoms with van der Waals surface area (Å²) in [4.78, 5) is 31.2. The van der Waals surface area contributed by atoms with Crippen LogP contribution in [0, 0.1) is 0 Å². The molecule has 3 aromatic rings. The van der Waals surface area contributed by atoms with Gasteiger partial charge in [-0.2, -0.15) is 0 Å². The van der Waals surface area contributed by atoms with Crippen molar-refractivity contribution in [2.75, 3.05) is 19.7 Å². The van der Waals surface area contributed by atoms with Gasteiger partial charge < -0.3 is 24.3 Å². The molecule has 9 heteroatoms. The number of fused-ring (bicyclic) bond motifs is 3. The standard InChI is InChI=1S/C16H21N3O2Si.C6H11NO2/c1-22(2,3)9-8-21-11-19-7-5-14(20)13-10-18-16-12(15(13)19)4-6-17-16;8-6(9)7-4-2-1-3-5-7/h4-7,10H,8-9,11H2,1-3H3,(H,17,18);1-5H2,(H,8,9). The second-order valence-electron chi connectivity index (χ2n) is 9.09. The van der Waals surface area contributed by atoms with Crippen molar-refractivity contribution >= 4 is 36.1 Å². The number of carboxylic acid groups (broad SMARTS) is 1. The van der Waals surface area contributed by atoms with E-state index in [0.717, 1.165) is 55.1 Å². The highest BCUT2D eigenvalue weighted by molar-refractivity contribution is 6.76. The number of aromatic nitrogens is 3. The van der Waals surface area contributed by atoms with Gasteiger partial charge in [-0.05, 0) is 31.4 Å². The van der Waals surface area contributed by atoms with Crippen LogP contribution in [0.2, 0.25) is 25.7 Å². The molecule has 1 fully saturated rings. The van der Waals surface area contributed by atoms with Crippen LogP contribution in [0.15, 0.2) is 35.5 Å². The molecule has 4 heterocycles. The predicted molar refractivity (Wildman–Crippen MR) is 125 cm³/mol. The van der Waals surface area contributed by atoms with E-state index in [0.29, 0.717) is 12.1 Å². The van der Waals surface area contributed by atoms with Crippen LogP contribution < -0.4 is 5.43 Å². The number of pyridine rings is 2. The van der Waals surface area contributed by atoms with Crippen molar-refractivity contribution in [3.05, 3.63) is 40.9 Å². The summed E-state index contributed by atoms with van der Waals surface area (Å²) in [6.45, 7) is 9.67. The molecule has 1 amide bonds. The highest BCUT2D eigenvalue weighted by atomic mass is 28.3. The fourth-order valence-electron chi connectivity index (χ4n) is 3.54. The molecule has 0 radical (unpaired) electrons. The van der Waals surface area contributed by atoms with Gasteiger partial charge >= 0.3 is 6.09 Å². The van der Waals surface area contributed by atoms with Crippen LogP contribution in [-0.2, 0) is 11.5 Å². The van der Waals surface area contributed by atoms with Gasteiger partial charge in [0.2, 0.25) is 0 Å². The second-order valence-corrected chi connectivity index (χ2v) is 14.7. The lowest BCUT2D eigenvalue weighted by atomic mass is 10.1. The molecular weight excluding hydrogens is 412 g/mol. The van der Waals surface area contributed by atoms with E-state index in [4.69, 9.17) is 9.84 Å². The third-order valence-corrected chi connectivity index (χ3v) is 7.07. The lowest BCUT2D eigenvalue weighted by Gasteiger charge is -2.22. The molecule has 8 nitrogen and oxygen atoms in total. The summed E-state index contributed by atoms with van der Waals surface area (Å²) in [6.07, 6.45) is 7.75. The zero-order valence-corrected chi connectivity index (χ0v) is 19.6. The number of piperidine rings is 1. The van der Waals surface area contributed by atoms with Crippen molar-refractivity contribution in [3.63, 3.8) is 0 Å². The summed E-state index contributed by atoms with van der Waals surface area (Å²) in [6, 6.07) is 4.65. The Hall–Kier alpha value is -2.65. The lowest BCUT2D eigenvalue weighted by molar-refractivity contribution is 0.0899. The Kier molecular flexibility index (Phi) is 7.50. The van der Waals surface area contributed by atoms with Gasteiger partial charge in [0.1, 0.15) is 12.4 Å². The van der Waals surface area contributed by atoms with Crippen molar-refractivity contribution in [2.45, 2.75) is 51.7 Å². The Morgan fingerprint density at radius 2 is 1.94 bits per heavy atom. The van der Waals surface area contributed by atoms with E-state index in [1.807, 2.05) is 16.8 Å². The normalized spacial score (nSPS) is 14.5. The predicted octanol–water partition coefficient (Wildman–Crippen LogP) is 4.34. The Balaban J connectivity index is 0.000000254. The molecule has 1 saturated heterocycles. The number of carbonyl (C=O) groups is 1. The number of hydrogen-bond acceptors (Lipinski definition) is 4. The van der Waals surface area contributed by atoms with Gasteiger partial charge in [-0.15, -0.1) is 0 Å². The van der Waals surface area contributed by atoms with E-state index in [-0.39, 0.29) is 5.43 Å². The second kappa shape index (κ2) is 10.1. The summed E-state index contributed by atoms with van der Waals surface area (Å²) >= 11 is 0. The molecule has 1 aliphatic heterocycles. The van der Waals surface area contributed by atoms with Crippen molar-refractivity contribution in [3.8, 4) is 0 Å². The Morgan fingerprint density at radius 3 is 2.58 bits per heavy atom. The average molecular weight is 445 g/mol. The van der Waals surface area contributed by atoms with E-state index in [1.165, 1.54) is 11.3 Å². The molecule has 0 aliphatic carbocycles. The first kappa shape index (κ1) is 23.0. The highest BCUT2D eigenvalue weighted by Crippen LogP contribution is 2.20. The fraction of sp³-hybridized carbons (Fsp3) is 0.500. The van der Waals surface area contributed by atoms with Crippen molar-refractivity contribution in [2.24, 2.45) is 0 Å². The Morgan fingerprint density at radius 1 is 1.19 bits per heavy atom. The zero-order valence-electron chi connectivity index (χ0n) is 18.6. The van der Waals surface area contributed by atoms with E-state index >= 15 is 0 Å². The largest absolute Gasteiger partial charge is 0.465 e. The number of nitrogens with zero attached hydrogens (tertiary/aromatic N) is 3. The van der Waals surface area contributed by atoms with Crippen LogP contribution in [0.4, 0.5) is 4.79 Å². The number of ether oxygens (including phenoxy) is 1. The number of aromatic amines is 1. The fourth-order valence-corrected chi connectivity index (χ4v) is 4.30. The number of amides is 1. The molecular formula is C22H32N4O4Si. The third-order valence-electron chi connectivity index (χ3n) is 5.37. The monoisotopic (exact) mass is 444 g/mol. The van der Waals surface area contributed by atoms with Gasteiger partial charge in [-0.25, -0.2) is 9.78 Å². The molecule has 1 aliphatic rings. The molecule has 0 saturated carbocycles. The van der Waals surface area contributed by atoms with Crippen LogP contribution in [-0.4, -0.2) is 58.4 Å². The topological polar surface area (TPSA) is 100 Å². The van der Waals surface area contributed by atoms with Gasteiger partial charge in [0.15, 0.2) is 5.43 Å². The van der Waals surface area contributed by atoms with Crippen LogP contribution >= 0.6 is 0 Å². The Labute approximate surface area is 182 Å². The van der Waals surface area contributed by atoms with E-state index in [1.54, 1.807) is 18.5 Å². The third kappa shape index (κ3) is 6.17. The molecule has 168 valence electrons. The van der Waals surface area contributed by atoms with Crippen LogP contribution in [0.1, 0.15) is 19.3 Å². The van der Waals surface area contributed by atoms with Crippen LogP contribution in [0.25, 0.3) is 21.9 Å². The Bertz CT molecular complexity index is 1080. The minimum atomic E-state index is -1.09. The number of H-pyrrole nitrogens is 1. The molecule has 0 unspecified atom stereocenters. The van der Waals surface area contributed by atoms with E-state index < -0.39 is 14.2 Å². The summed E-state index contributed by atoms with van der Waals surface area (Å²) < 4.78 is 7.82. The first-order valence-corrected chi connectivity index (χ1v) is 14.5. The van der Waals surface area contributed by atoms with Crippen molar-refractivity contribution in [1.29, 1.82) is 0 Å². The quantitative estimate of drug-likeness (QED) is 0.450. The molecule has 0 bridgehead atoms. The molecule has 3 aromatic heterocycles. The zero-order chi connectivity index (χ0) is 22.4. The maximum Gasteiger partial charge on any atom is 0.407 e. The molecule has 0 atom stereocenters. The van der Waals surface area contributed by atoms with Gasteiger partial charge in [-0.1, -0.05) is 19.6 Å². The summed E-state index contributed by atoms with van der Waals surface area (Å²) in [5, 5.41) is 10.0. The first-order chi connectivity index (χ1) is 14.8. The van der Waals surface area contributed by atoms with E-state index in [2.05, 4.69) is 29.6 Å². The maximum absolute atomic E-state index is 12.1. The van der Waals surface area contributed by atoms with Gasteiger partial charge in [0, 0.05) is 57.8 Å². The molecule has 4 rings (SSSR count). The number of hydrogen-bond donors (Lipinski definition) is 2. The summed E-state index contributed by atoms with van der Waals surface area (Å²) in [5.74, 6) is 0. The van der Waals surface area contributed by atoms with E-state index in [9.17, 15) is 9.59 Å². The average Bonchev–Trinajstić information content (AvgIpc) is 3.22. The molecule has 31 heavy (non-hydrogen) atoms. The van der Waals surface area contributed by atoms with Crippen LogP contribution in [0.3, 0.4) is 0 Å². The minimum Gasteiger partial charge on any atom is -0.465 e. The number of likely N-dealkylation sites (tertiary alicyclic amines) is 1. The van der Waals surface area contributed by atoms with Crippen molar-refractivity contribution in [1.82, 2.24) is 19.4 Å². The van der Waals surface area contributed by atoms with Gasteiger partial charge in [-0.3, -0.25) is 4.79 Å². The summed E-state index contributed by atoms with van der Waals surface area (Å²) in [5.41, 5.74) is 1.66. The highest BCUT2D eigenvalue weighted by Gasteiger charge is 2.14. The van der Waals surface area contributed by atoms with Gasteiger partial charge in [0.05, 0.1) is 10.9 Å². The smallest absolute Gasteiger partial charge is 0.407 e. The van der Waals surface area contributed by atoms with Crippen LogP contribution in [0.5, 0.6) is 0 Å². The molecule has 0 aromatic carbocycles. The number of nitrogens with one attached hydrogen (secondary N) is 1. The molecule has 2 N–H and O–H groups in total. The minimum absolute atomic E-state index is 0.0102. The maximum atomic E-state index is 12.1. The van der Waals surface area contributed by atoms with Gasteiger partial charge in [0.25, 0.3) is 0 Å². The first-order valence-electron chi connectivity index (χ1n) is 10.8.